The number of aryl methyl sites for hydroxylation is 1. The van der Waals surface area contributed by atoms with E-state index in [0.29, 0.717) is 5.56 Å². The van der Waals surface area contributed by atoms with Gasteiger partial charge in [0.15, 0.2) is 12.5 Å². The van der Waals surface area contributed by atoms with Gasteiger partial charge >= 0.3 is 11.7 Å². The third kappa shape index (κ3) is 3.62. The van der Waals surface area contributed by atoms with Gasteiger partial charge in [-0.1, -0.05) is 0 Å². The Morgan fingerprint density at radius 1 is 1.55 bits per heavy atom. The molecule has 2 atom stereocenters. The molecule has 0 spiro atoms. The fourth-order valence-electron chi connectivity index (χ4n) is 1.81. The molecule has 0 bridgehead atoms. The van der Waals surface area contributed by atoms with Crippen LogP contribution in [0.1, 0.15) is 25.6 Å². The molecule has 22 heavy (non-hydrogen) atoms. The molecule has 0 unspecified atom stereocenters. The molecule has 2 heterocycles. The second kappa shape index (κ2) is 6.03. The van der Waals surface area contributed by atoms with E-state index in [2.05, 4.69) is 4.98 Å². The van der Waals surface area contributed by atoms with Crippen molar-refractivity contribution in [2.24, 2.45) is 5.73 Å². The highest BCUT2D eigenvalue weighted by Crippen LogP contribution is 2.20. The molecule has 1 saturated heterocycles. The van der Waals surface area contributed by atoms with E-state index in [-0.39, 0.29) is 13.2 Å². The topological polar surface area (TPSA) is 126 Å². The second-order valence-corrected chi connectivity index (χ2v) is 5.65. The van der Waals surface area contributed by atoms with Crippen molar-refractivity contribution in [2.75, 3.05) is 13.2 Å². The summed E-state index contributed by atoms with van der Waals surface area (Å²) < 4.78 is 17.0. The third-order valence-electron chi connectivity index (χ3n) is 3.07. The molecule has 1 aromatic rings. The van der Waals surface area contributed by atoms with Crippen LogP contribution in [0.5, 0.6) is 0 Å². The van der Waals surface area contributed by atoms with Gasteiger partial charge in [-0.3, -0.25) is 19.1 Å². The molecule has 1 aliphatic heterocycles. The van der Waals surface area contributed by atoms with E-state index in [9.17, 15) is 14.4 Å². The lowest BCUT2D eigenvalue weighted by atomic mass is 10.1. The van der Waals surface area contributed by atoms with E-state index in [1.165, 1.54) is 24.6 Å². The summed E-state index contributed by atoms with van der Waals surface area (Å²) in [6, 6.07) is 0. The molecular formula is C13H19N3O6. The van der Waals surface area contributed by atoms with Crippen LogP contribution < -0.4 is 17.0 Å². The van der Waals surface area contributed by atoms with Crippen LogP contribution in [0.3, 0.4) is 0 Å². The van der Waals surface area contributed by atoms with Crippen molar-refractivity contribution < 1.29 is 19.0 Å². The predicted octanol–water partition coefficient (Wildman–Crippen LogP) is -1.00. The van der Waals surface area contributed by atoms with Gasteiger partial charge in [0.2, 0.25) is 0 Å². The van der Waals surface area contributed by atoms with Crippen molar-refractivity contribution in [2.45, 2.75) is 38.8 Å². The Balaban J connectivity index is 1.99. The first kappa shape index (κ1) is 16.4. The Morgan fingerprint density at radius 3 is 2.86 bits per heavy atom. The summed E-state index contributed by atoms with van der Waals surface area (Å²) in [6.07, 6.45) is -0.0971. The van der Waals surface area contributed by atoms with E-state index >= 15 is 0 Å². The molecule has 2 rings (SSSR count). The fourth-order valence-corrected chi connectivity index (χ4v) is 1.81. The molecule has 9 heteroatoms. The van der Waals surface area contributed by atoms with E-state index < -0.39 is 35.3 Å². The van der Waals surface area contributed by atoms with Crippen LogP contribution in [-0.2, 0) is 19.0 Å². The standard InChI is InChI=1S/C13H19N3O6/c1-7-4-16(12(19)15-10(7)17)8-5-20-9(22-8)6-21-11(18)13(2,3)14/h4,8-9H,5-6,14H2,1-3H3,(H,15,17,19)/t8-,9-/m1/s1. The first-order valence-electron chi connectivity index (χ1n) is 6.73. The Labute approximate surface area is 126 Å². The molecule has 1 aromatic heterocycles. The predicted molar refractivity (Wildman–Crippen MR) is 75.1 cm³/mol. The number of H-pyrrole nitrogens is 1. The molecule has 0 aromatic carbocycles. The van der Waals surface area contributed by atoms with Gasteiger partial charge in [0.05, 0.1) is 6.61 Å². The summed E-state index contributed by atoms with van der Waals surface area (Å²) in [6.45, 7) is 4.59. The maximum Gasteiger partial charge on any atom is 0.330 e. The SMILES string of the molecule is Cc1cn([C@H]2CO[C@@H](COC(=O)C(C)(C)N)O2)c(=O)[nH]c1=O. The third-order valence-corrected chi connectivity index (χ3v) is 3.07. The molecule has 1 fully saturated rings. The number of carbonyl (C=O) groups is 1. The average molecular weight is 313 g/mol. The number of aromatic amines is 1. The Kier molecular flexibility index (Phi) is 4.50. The molecule has 0 radical (unpaired) electrons. The monoisotopic (exact) mass is 313 g/mol. The van der Waals surface area contributed by atoms with Crippen molar-refractivity contribution in [1.82, 2.24) is 9.55 Å². The molecule has 3 N–H and O–H groups in total. The minimum absolute atomic E-state index is 0.0969. The average Bonchev–Trinajstić information content (AvgIpc) is 2.87. The lowest BCUT2D eigenvalue weighted by Gasteiger charge is -2.18. The lowest BCUT2D eigenvalue weighted by Crippen LogP contribution is -2.43. The summed E-state index contributed by atoms with van der Waals surface area (Å²) in [5, 5.41) is 0. The van der Waals surface area contributed by atoms with E-state index in [1.54, 1.807) is 6.92 Å². The van der Waals surface area contributed by atoms with Crippen molar-refractivity contribution in [3.8, 4) is 0 Å². The van der Waals surface area contributed by atoms with Crippen molar-refractivity contribution in [1.29, 1.82) is 0 Å². The van der Waals surface area contributed by atoms with Crippen molar-refractivity contribution in [3.05, 3.63) is 32.6 Å². The van der Waals surface area contributed by atoms with Crippen molar-refractivity contribution >= 4 is 5.97 Å². The van der Waals surface area contributed by atoms with Gasteiger partial charge in [-0.05, 0) is 20.8 Å². The smallest absolute Gasteiger partial charge is 0.330 e. The minimum Gasteiger partial charge on any atom is -0.459 e. The Morgan fingerprint density at radius 2 is 2.23 bits per heavy atom. The van der Waals surface area contributed by atoms with Crippen LogP contribution in [0.2, 0.25) is 0 Å². The summed E-state index contributed by atoms with van der Waals surface area (Å²) >= 11 is 0. The molecule has 1 aliphatic rings. The number of nitrogens with one attached hydrogen (secondary N) is 1. The van der Waals surface area contributed by atoms with E-state index in [1.807, 2.05) is 0 Å². The maximum atomic E-state index is 11.8. The van der Waals surface area contributed by atoms with Crippen LogP contribution >= 0.6 is 0 Å². The highest BCUT2D eigenvalue weighted by molar-refractivity contribution is 5.79. The van der Waals surface area contributed by atoms with Crippen LogP contribution in [0, 0.1) is 6.92 Å². The highest BCUT2D eigenvalue weighted by atomic mass is 16.7. The number of ether oxygens (including phenoxy) is 3. The normalized spacial score (nSPS) is 21.8. The number of esters is 1. The van der Waals surface area contributed by atoms with Crippen LogP contribution in [0.4, 0.5) is 0 Å². The number of rotatable bonds is 4. The zero-order chi connectivity index (χ0) is 16.5. The molecule has 0 saturated carbocycles. The molecule has 122 valence electrons. The maximum absolute atomic E-state index is 11.8. The summed E-state index contributed by atoms with van der Waals surface area (Å²) in [5.41, 5.74) is 3.83. The first-order chi connectivity index (χ1) is 10.2. The number of nitrogens with zero attached hydrogens (tertiary/aromatic N) is 1. The number of hydrogen-bond acceptors (Lipinski definition) is 7. The number of aromatic nitrogens is 2. The van der Waals surface area contributed by atoms with Crippen LogP contribution in [0.15, 0.2) is 15.8 Å². The summed E-state index contributed by atoms with van der Waals surface area (Å²) in [5.74, 6) is -0.583. The Bertz CT molecular complexity index is 672. The van der Waals surface area contributed by atoms with Gasteiger partial charge in [0, 0.05) is 11.8 Å². The van der Waals surface area contributed by atoms with Gasteiger partial charge < -0.3 is 19.9 Å². The van der Waals surface area contributed by atoms with Crippen molar-refractivity contribution in [3.63, 3.8) is 0 Å². The van der Waals surface area contributed by atoms with E-state index in [0.717, 1.165) is 0 Å². The first-order valence-corrected chi connectivity index (χ1v) is 6.73. The zero-order valence-corrected chi connectivity index (χ0v) is 12.6. The minimum atomic E-state index is -1.11. The van der Waals surface area contributed by atoms with Gasteiger partial charge in [0.25, 0.3) is 5.56 Å². The van der Waals surface area contributed by atoms with Gasteiger partial charge in [0.1, 0.15) is 12.1 Å². The highest BCUT2D eigenvalue weighted by Gasteiger charge is 2.31. The van der Waals surface area contributed by atoms with Gasteiger partial charge in [-0.15, -0.1) is 0 Å². The van der Waals surface area contributed by atoms with Crippen LogP contribution in [0.25, 0.3) is 0 Å². The van der Waals surface area contributed by atoms with Gasteiger partial charge in [-0.25, -0.2) is 4.79 Å². The number of carbonyl (C=O) groups excluding carboxylic acids is 1. The number of hydrogen-bond donors (Lipinski definition) is 2. The van der Waals surface area contributed by atoms with E-state index in [4.69, 9.17) is 19.9 Å². The lowest BCUT2D eigenvalue weighted by molar-refractivity contribution is -0.163. The molecular weight excluding hydrogens is 294 g/mol. The summed E-state index contributed by atoms with van der Waals surface area (Å²) in [7, 11) is 0. The zero-order valence-electron chi connectivity index (χ0n) is 12.6. The fraction of sp³-hybridized carbons (Fsp3) is 0.615. The summed E-state index contributed by atoms with van der Waals surface area (Å²) in [4.78, 5) is 36.8. The Hall–Kier alpha value is -1.97. The second-order valence-electron chi connectivity index (χ2n) is 5.65. The van der Waals surface area contributed by atoms with Crippen LogP contribution in [-0.4, -0.2) is 40.6 Å². The molecule has 0 amide bonds. The quantitative estimate of drug-likeness (QED) is 0.683. The largest absolute Gasteiger partial charge is 0.459 e. The molecule has 9 nitrogen and oxygen atoms in total. The van der Waals surface area contributed by atoms with Gasteiger partial charge in [-0.2, -0.15) is 0 Å². The number of nitrogens with two attached hydrogens (primary N) is 1. The molecule has 0 aliphatic carbocycles.